The number of aromatic nitrogens is 1. The fraction of sp³-hybridized carbons (Fsp3) is 0.429. The van der Waals surface area contributed by atoms with Crippen LogP contribution in [0.3, 0.4) is 0 Å². The van der Waals surface area contributed by atoms with Crippen molar-refractivity contribution in [2.45, 2.75) is 45.6 Å². The second-order valence-electron chi connectivity index (χ2n) is 7.10. The number of piperidine rings is 1. The van der Waals surface area contributed by atoms with Gasteiger partial charge >= 0.3 is 0 Å². The van der Waals surface area contributed by atoms with E-state index in [0.29, 0.717) is 18.4 Å². The fourth-order valence-corrected chi connectivity index (χ4v) is 3.08. The van der Waals surface area contributed by atoms with E-state index in [-0.39, 0.29) is 0 Å². The van der Waals surface area contributed by atoms with Gasteiger partial charge in [0.25, 0.3) is 0 Å². The first-order valence-corrected chi connectivity index (χ1v) is 9.39. The molecule has 1 saturated heterocycles. The van der Waals surface area contributed by atoms with Gasteiger partial charge in [0, 0.05) is 24.8 Å². The molecule has 0 radical (unpaired) electrons. The van der Waals surface area contributed by atoms with Crippen molar-refractivity contribution >= 4 is 11.7 Å². The van der Waals surface area contributed by atoms with E-state index in [2.05, 4.69) is 53.2 Å². The molecule has 2 heterocycles. The molecule has 2 aromatic rings. The van der Waals surface area contributed by atoms with Crippen LogP contribution in [0.5, 0.6) is 0 Å². The van der Waals surface area contributed by atoms with E-state index in [9.17, 15) is 0 Å². The van der Waals surface area contributed by atoms with Crippen molar-refractivity contribution in [1.82, 2.24) is 4.98 Å². The molecule has 0 spiro atoms. The Hall–Kier alpha value is -2.56. The van der Waals surface area contributed by atoms with Gasteiger partial charge in [0.15, 0.2) is 5.84 Å². The van der Waals surface area contributed by atoms with Crippen LogP contribution in [0.4, 0.5) is 5.82 Å². The molecule has 0 bridgehead atoms. The van der Waals surface area contributed by atoms with E-state index in [1.807, 2.05) is 12.1 Å². The zero-order chi connectivity index (χ0) is 18.4. The van der Waals surface area contributed by atoms with E-state index < -0.39 is 0 Å². The Balaban J connectivity index is 1.55. The first kappa shape index (κ1) is 18.2. The average Bonchev–Trinajstić information content (AvgIpc) is 2.69. The van der Waals surface area contributed by atoms with Crippen LogP contribution in [0.15, 0.2) is 47.8 Å². The number of benzene rings is 1. The molecule has 1 aliphatic heterocycles. The summed E-state index contributed by atoms with van der Waals surface area (Å²) in [5.41, 5.74) is 9.19. The number of nitrogens with two attached hydrogens (primary N) is 1. The summed E-state index contributed by atoms with van der Waals surface area (Å²) in [5, 5.41) is 4.03. The van der Waals surface area contributed by atoms with Gasteiger partial charge in [-0.05, 0) is 48.4 Å². The Kier molecular flexibility index (Phi) is 6.10. The minimum atomic E-state index is 0.349. The quantitative estimate of drug-likeness (QED) is 0.484. The molecule has 1 aromatic heterocycles. The number of hydrogen-bond donors (Lipinski definition) is 1. The molecule has 1 aliphatic rings. The van der Waals surface area contributed by atoms with Crippen LogP contribution in [-0.4, -0.2) is 23.9 Å². The Morgan fingerprint density at radius 3 is 2.46 bits per heavy atom. The Morgan fingerprint density at radius 2 is 1.85 bits per heavy atom. The van der Waals surface area contributed by atoms with Crippen molar-refractivity contribution in [2.75, 3.05) is 18.0 Å². The number of rotatable bonds is 6. The van der Waals surface area contributed by atoms with Crippen LogP contribution in [-0.2, 0) is 11.4 Å². The van der Waals surface area contributed by atoms with Gasteiger partial charge in [-0.1, -0.05) is 43.3 Å². The van der Waals surface area contributed by atoms with E-state index >= 15 is 0 Å². The van der Waals surface area contributed by atoms with Gasteiger partial charge in [-0.2, -0.15) is 0 Å². The molecule has 0 aliphatic carbocycles. The van der Waals surface area contributed by atoms with Gasteiger partial charge in [0.05, 0.1) is 0 Å². The first-order chi connectivity index (χ1) is 12.6. The van der Waals surface area contributed by atoms with Gasteiger partial charge in [-0.15, -0.1) is 0 Å². The lowest BCUT2D eigenvalue weighted by Crippen LogP contribution is -2.30. The maximum absolute atomic E-state index is 6.02. The zero-order valence-electron chi connectivity index (χ0n) is 15.7. The highest BCUT2D eigenvalue weighted by atomic mass is 16.6. The second-order valence-corrected chi connectivity index (χ2v) is 7.10. The molecular formula is C21H28N4O. The van der Waals surface area contributed by atoms with E-state index in [0.717, 1.165) is 30.0 Å². The molecule has 0 amide bonds. The highest BCUT2D eigenvalue weighted by Gasteiger charge is 2.12. The first-order valence-electron chi connectivity index (χ1n) is 9.39. The Bertz CT molecular complexity index is 717. The molecule has 5 heteroatoms. The van der Waals surface area contributed by atoms with Crippen molar-refractivity contribution in [3.8, 4) is 0 Å². The zero-order valence-corrected chi connectivity index (χ0v) is 15.7. The summed E-state index contributed by atoms with van der Waals surface area (Å²) in [4.78, 5) is 12.3. The van der Waals surface area contributed by atoms with Gasteiger partial charge in [0.1, 0.15) is 12.4 Å². The average molecular weight is 352 g/mol. The molecule has 138 valence electrons. The van der Waals surface area contributed by atoms with E-state index in [1.165, 1.54) is 24.8 Å². The molecule has 3 rings (SSSR count). The van der Waals surface area contributed by atoms with Crippen LogP contribution in [0.2, 0.25) is 0 Å². The number of pyridine rings is 1. The molecule has 1 aromatic carbocycles. The number of anilines is 1. The topological polar surface area (TPSA) is 63.7 Å². The number of nitrogens with zero attached hydrogens (tertiary/aromatic N) is 3. The monoisotopic (exact) mass is 352 g/mol. The maximum Gasteiger partial charge on any atom is 0.171 e. The Labute approximate surface area is 155 Å². The lowest BCUT2D eigenvalue weighted by Gasteiger charge is -2.27. The molecule has 0 unspecified atom stereocenters. The molecule has 1 fully saturated rings. The standard InChI is InChI=1S/C21H28N4O/c1-16(2)18-8-6-17(7-9-18)15-26-24-21(22)19-10-11-20(23-14-19)25-12-4-3-5-13-25/h6-11,14,16H,3-5,12-13,15H2,1-2H3,(H2,22,24). The summed E-state index contributed by atoms with van der Waals surface area (Å²) in [6.45, 7) is 6.92. The normalized spacial score (nSPS) is 15.3. The van der Waals surface area contributed by atoms with Crippen molar-refractivity contribution in [2.24, 2.45) is 10.9 Å². The largest absolute Gasteiger partial charge is 0.389 e. The second kappa shape index (κ2) is 8.70. The molecule has 26 heavy (non-hydrogen) atoms. The molecule has 5 nitrogen and oxygen atoms in total. The van der Waals surface area contributed by atoms with E-state index in [4.69, 9.17) is 10.6 Å². The molecule has 0 saturated carbocycles. The van der Waals surface area contributed by atoms with Crippen LogP contribution >= 0.6 is 0 Å². The highest BCUT2D eigenvalue weighted by molar-refractivity contribution is 5.96. The van der Waals surface area contributed by atoms with Gasteiger partial charge < -0.3 is 15.5 Å². The third-order valence-corrected chi connectivity index (χ3v) is 4.76. The summed E-state index contributed by atoms with van der Waals surface area (Å²) in [6.07, 6.45) is 5.55. The maximum atomic E-state index is 6.02. The van der Waals surface area contributed by atoms with Gasteiger partial charge in [0.2, 0.25) is 0 Å². The third kappa shape index (κ3) is 4.75. The number of amidine groups is 1. The third-order valence-electron chi connectivity index (χ3n) is 4.76. The minimum absolute atomic E-state index is 0.349. The van der Waals surface area contributed by atoms with Crippen molar-refractivity contribution < 1.29 is 4.84 Å². The molecule has 0 atom stereocenters. The fourth-order valence-electron chi connectivity index (χ4n) is 3.08. The van der Waals surface area contributed by atoms with E-state index in [1.54, 1.807) is 6.20 Å². The van der Waals surface area contributed by atoms with Crippen LogP contribution in [0.25, 0.3) is 0 Å². The van der Waals surface area contributed by atoms with Crippen LogP contribution < -0.4 is 10.6 Å². The smallest absolute Gasteiger partial charge is 0.171 e. The predicted octanol–water partition coefficient (Wildman–Crippen LogP) is 4.03. The summed E-state index contributed by atoms with van der Waals surface area (Å²) in [7, 11) is 0. The van der Waals surface area contributed by atoms with Gasteiger partial charge in [-0.25, -0.2) is 4.98 Å². The van der Waals surface area contributed by atoms with Crippen molar-refractivity contribution in [1.29, 1.82) is 0 Å². The summed E-state index contributed by atoms with van der Waals surface area (Å²) < 4.78 is 0. The summed E-state index contributed by atoms with van der Waals surface area (Å²) in [5.74, 6) is 1.88. The SMILES string of the molecule is CC(C)c1ccc(CO/N=C(\N)c2ccc(N3CCCCC3)nc2)cc1. The van der Waals surface area contributed by atoms with Crippen molar-refractivity contribution in [3.05, 3.63) is 59.3 Å². The number of hydrogen-bond acceptors (Lipinski definition) is 4. The summed E-state index contributed by atoms with van der Waals surface area (Å²) >= 11 is 0. The predicted molar refractivity (Wildman–Crippen MR) is 106 cm³/mol. The Morgan fingerprint density at radius 1 is 1.12 bits per heavy atom. The summed E-state index contributed by atoms with van der Waals surface area (Å²) in [6, 6.07) is 12.3. The highest BCUT2D eigenvalue weighted by Crippen LogP contribution is 2.18. The van der Waals surface area contributed by atoms with Gasteiger partial charge in [-0.3, -0.25) is 0 Å². The van der Waals surface area contributed by atoms with Crippen LogP contribution in [0.1, 0.15) is 55.7 Å². The lowest BCUT2D eigenvalue weighted by atomic mass is 10.0. The molecule has 2 N–H and O–H groups in total. The van der Waals surface area contributed by atoms with Crippen LogP contribution in [0, 0.1) is 0 Å². The number of oxime groups is 1. The molecular weight excluding hydrogens is 324 g/mol. The minimum Gasteiger partial charge on any atom is -0.389 e. The lowest BCUT2D eigenvalue weighted by molar-refractivity contribution is 0.130. The van der Waals surface area contributed by atoms with Crippen molar-refractivity contribution in [3.63, 3.8) is 0 Å².